The number of nitrogens with zero attached hydrogens (tertiary/aromatic N) is 3. The van der Waals surface area contributed by atoms with Crippen LogP contribution in [-0.2, 0) is 16.6 Å². The molecule has 0 saturated heterocycles. The Kier molecular flexibility index (Phi) is 4.99. The van der Waals surface area contributed by atoms with Gasteiger partial charge in [0.2, 0.25) is 5.13 Å². The van der Waals surface area contributed by atoms with Crippen molar-refractivity contribution < 1.29 is 8.42 Å². The van der Waals surface area contributed by atoms with Crippen LogP contribution in [0.1, 0.15) is 18.9 Å². The Morgan fingerprint density at radius 3 is 2.60 bits per heavy atom. The van der Waals surface area contributed by atoms with Crippen molar-refractivity contribution in [2.75, 3.05) is 11.3 Å². The van der Waals surface area contributed by atoms with Crippen LogP contribution in [0.4, 0.5) is 5.13 Å². The van der Waals surface area contributed by atoms with Gasteiger partial charge in [-0.05, 0) is 35.9 Å². The monoisotopic (exact) mass is 313 g/mol. The van der Waals surface area contributed by atoms with Crippen molar-refractivity contribution in [3.8, 4) is 0 Å². The molecular formula is C11H15N5O2S2. The van der Waals surface area contributed by atoms with Crippen molar-refractivity contribution in [3.05, 3.63) is 29.8 Å². The molecule has 0 bridgehead atoms. The van der Waals surface area contributed by atoms with E-state index in [-0.39, 0.29) is 10.0 Å². The molecule has 0 aliphatic carbocycles. The zero-order chi connectivity index (χ0) is 14.4. The second kappa shape index (κ2) is 6.73. The Hall–Kier alpha value is -1.58. The van der Waals surface area contributed by atoms with Crippen molar-refractivity contribution in [1.82, 2.24) is 20.1 Å². The van der Waals surface area contributed by atoms with Crippen LogP contribution >= 0.6 is 11.5 Å². The first-order valence-electron chi connectivity index (χ1n) is 6.09. The summed E-state index contributed by atoms with van der Waals surface area (Å²) in [6, 6.07) is 6.71. The van der Waals surface area contributed by atoms with Crippen molar-refractivity contribution in [2.24, 2.45) is 0 Å². The standard InChI is InChI=1S/C11H15N5O2S2/c1-2-7-12-8-9-3-5-10(6-4-9)20(17,18)14-11-13-15-16-19-11/h3-6,12H,2,7-8H2,1H3,(H,13,14,16). The lowest BCUT2D eigenvalue weighted by Gasteiger charge is -2.06. The smallest absolute Gasteiger partial charge is 0.263 e. The van der Waals surface area contributed by atoms with Crippen LogP contribution in [0, 0.1) is 0 Å². The molecule has 20 heavy (non-hydrogen) atoms. The summed E-state index contributed by atoms with van der Waals surface area (Å²) in [5, 5.41) is 10.3. The minimum absolute atomic E-state index is 0.152. The van der Waals surface area contributed by atoms with E-state index in [1.807, 2.05) is 0 Å². The Morgan fingerprint density at radius 1 is 1.25 bits per heavy atom. The number of aromatic nitrogens is 3. The summed E-state index contributed by atoms with van der Waals surface area (Å²) in [4.78, 5) is 0.187. The number of sulfonamides is 1. The van der Waals surface area contributed by atoms with Gasteiger partial charge in [-0.3, -0.25) is 4.72 Å². The normalized spacial score (nSPS) is 11.4. The van der Waals surface area contributed by atoms with Gasteiger partial charge in [0, 0.05) is 18.1 Å². The minimum Gasteiger partial charge on any atom is -0.313 e. The fourth-order valence-electron chi connectivity index (χ4n) is 1.54. The Bertz CT molecular complexity index is 625. The van der Waals surface area contributed by atoms with Gasteiger partial charge < -0.3 is 5.32 Å². The SMILES string of the molecule is CCCNCc1ccc(S(=O)(=O)Nc2nnns2)cc1. The first-order chi connectivity index (χ1) is 9.62. The van der Waals surface area contributed by atoms with E-state index in [0.717, 1.165) is 36.6 Å². The second-order valence-corrected chi connectivity index (χ2v) is 6.51. The molecule has 0 aliphatic rings. The maximum absolute atomic E-state index is 12.1. The lowest BCUT2D eigenvalue weighted by molar-refractivity contribution is 0.601. The second-order valence-electron chi connectivity index (χ2n) is 4.09. The molecule has 0 radical (unpaired) electrons. The van der Waals surface area contributed by atoms with Crippen LogP contribution in [0.5, 0.6) is 0 Å². The lowest BCUT2D eigenvalue weighted by Crippen LogP contribution is -2.15. The summed E-state index contributed by atoms with van der Waals surface area (Å²) >= 11 is 0.889. The third-order valence-electron chi connectivity index (χ3n) is 2.51. The van der Waals surface area contributed by atoms with Gasteiger partial charge in [-0.15, -0.1) is 0 Å². The van der Waals surface area contributed by atoms with E-state index < -0.39 is 10.0 Å². The van der Waals surface area contributed by atoms with E-state index in [2.05, 4.69) is 31.8 Å². The summed E-state index contributed by atoms with van der Waals surface area (Å²) in [6.45, 7) is 3.75. The molecule has 7 nitrogen and oxygen atoms in total. The van der Waals surface area contributed by atoms with Crippen LogP contribution in [0.3, 0.4) is 0 Å². The molecule has 2 rings (SSSR count). The summed E-state index contributed by atoms with van der Waals surface area (Å²) in [6.07, 6.45) is 1.06. The molecule has 9 heteroatoms. The number of nitrogens with one attached hydrogen (secondary N) is 2. The zero-order valence-electron chi connectivity index (χ0n) is 10.9. The molecule has 1 heterocycles. The summed E-state index contributed by atoms with van der Waals surface area (Å²) in [5.74, 6) is 0. The maximum Gasteiger partial charge on any atom is 0.263 e. The third-order valence-corrected chi connectivity index (χ3v) is 4.51. The van der Waals surface area contributed by atoms with Gasteiger partial charge in [0.1, 0.15) is 0 Å². The molecule has 108 valence electrons. The highest BCUT2D eigenvalue weighted by molar-refractivity contribution is 7.93. The van der Waals surface area contributed by atoms with Crippen molar-refractivity contribution >= 4 is 26.7 Å². The van der Waals surface area contributed by atoms with Crippen molar-refractivity contribution in [2.45, 2.75) is 24.8 Å². The van der Waals surface area contributed by atoms with Crippen molar-refractivity contribution in [3.63, 3.8) is 0 Å². The number of hydrogen-bond donors (Lipinski definition) is 2. The molecule has 0 amide bonds. The van der Waals surface area contributed by atoms with Crippen LogP contribution in [0.25, 0.3) is 0 Å². The topological polar surface area (TPSA) is 96.9 Å². The molecule has 0 spiro atoms. The number of anilines is 1. The molecule has 1 aromatic carbocycles. The quantitative estimate of drug-likeness (QED) is 0.746. The maximum atomic E-state index is 12.1. The van der Waals surface area contributed by atoms with E-state index >= 15 is 0 Å². The Labute approximate surface area is 121 Å². The number of rotatable bonds is 7. The molecule has 0 unspecified atom stereocenters. The van der Waals surface area contributed by atoms with E-state index in [0.29, 0.717) is 0 Å². The fraction of sp³-hybridized carbons (Fsp3) is 0.364. The predicted octanol–water partition coefficient (Wildman–Crippen LogP) is 1.23. The molecule has 1 aromatic heterocycles. The predicted molar refractivity (Wildman–Crippen MR) is 77.0 cm³/mol. The average Bonchev–Trinajstić information content (AvgIpc) is 2.92. The van der Waals surface area contributed by atoms with Gasteiger partial charge in [0.15, 0.2) is 0 Å². The first-order valence-corrected chi connectivity index (χ1v) is 8.35. The number of hydrogen-bond acceptors (Lipinski definition) is 7. The Morgan fingerprint density at radius 2 is 2.00 bits per heavy atom. The van der Waals surface area contributed by atoms with E-state index in [1.165, 1.54) is 0 Å². The highest BCUT2D eigenvalue weighted by atomic mass is 32.2. The zero-order valence-corrected chi connectivity index (χ0v) is 12.5. The molecule has 0 fully saturated rings. The van der Waals surface area contributed by atoms with Crippen LogP contribution in [0.15, 0.2) is 29.2 Å². The average molecular weight is 313 g/mol. The number of benzene rings is 1. The van der Waals surface area contributed by atoms with Crippen molar-refractivity contribution in [1.29, 1.82) is 0 Å². The summed E-state index contributed by atoms with van der Waals surface area (Å²) in [7, 11) is -3.63. The van der Waals surface area contributed by atoms with Gasteiger partial charge in [0.25, 0.3) is 10.0 Å². The van der Waals surface area contributed by atoms with Crippen LogP contribution in [-0.4, -0.2) is 29.8 Å². The van der Waals surface area contributed by atoms with Gasteiger partial charge in [-0.1, -0.05) is 28.6 Å². The molecular weight excluding hydrogens is 298 g/mol. The van der Waals surface area contributed by atoms with E-state index in [1.54, 1.807) is 24.3 Å². The third kappa shape index (κ3) is 3.95. The summed E-state index contributed by atoms with van der Waals surface area (Å²) in [5.41, 5.74) is 1.04. The van der Waals surface area contributed by atoms with Gasteiger partial charge >= 0.3 is 0 Å². The first kappa shape index (κ1) is 14.8. The summed E-state index contributed by atoms with van der Waals surface area (Å²) < 4.78 is 29.9. The van der Waals surface area contributed by atoms with Crippen LogP contribution in [0.2, 0.25) is 0 Å². The molecule has 2 N–H and O–H groups in total. The van der Waals surface area contributed by atoms with Gasteiger partial charge in [0.05, 0.1) is 4.90 Å². The molecule has 0 atom stereocenters. The Balaban J connectivity index is 2.05. The molecule has 2 aromatic rings. The largest absolute Gasteiger partial charge is 0.313 e. The highest BCUT2D eigenvalue weighted by Gasteiger charge is 2.15. The highest BCUT2D eigenvalue weighted by Crippen LogP contribution is 2.16. The van der Waals surface area contributed by atoms with Gasteiger partial charge in [-0.25, -0.2) is 8.42 Å². The molecule has 0 saturated carbocycles. The van der Waals surface area contributed by atoms with Gasteiger partial charge in [-0.2, -0.15) is 0 Å². The van der Waals surface area contributed by atoms with E-state index in [4.69, 9.17) is 0 Å². The van der Waals surface area contributed by atoms with E-state index in [9.17, 15) is 8.42 Å². The lowest BCUT2D eigenvalue weighted by atomic mass is 10.2. The fourth-order valence-corrected chi connectivity index (χ4v) is 3.13. The molecule has 0 aliphatic heterocycles. The minimum atomic E-state index is -3.63. The van der Waals surface area contributed by atoms with Crippen LogP contribution < -0.4 is 10.0 Å².